The van der Waals surface area contributed by atoms with E-state index < -0.39 is 0 Å². The van der Waals surface area contributed by atoms with E-state index >= 15 is 0 Å². The van der Waals surface area contributed by atoms with Crippen molar-refractivity contribution in [1.29, 1.82) is 0 Å². The summed E-state index contributed by atoms with van der Waals surface area (Å²) in [7, 11) is 0. The maximum atomic E-state index is 11.6. The van der Waals surface area contributed by atoms with Gasteiger partial charge in [-0.2, -0.15) is 0 Å². The first-order valence-electron chi connectivity index (χ1n) is 7.23. The topological polar surface area (TPSA) is 45.2 Å². The minimum Gasteiger partial charge on any atom is -0.377 e. The molecule has 2 aromatic rings. The van der Waals surface area contributed by atoms with Gasteiger partial charge in [-0.3, -0.25) is 9.78 Å². The number of anilines is 2. The minimum absolute atomic E-state index is 0.108. The van der Waals surface area contributed by atoms with Crippen LogP contribution in [0.3, 0.4) is 0 Å². The number of pyridine rings is 1. The molecule has 0 saturated carbocycles. The van der Waals surface area contributed by atoms with E-state index in [-0.39, 0.29) is 11.9 Å². The third-order valence-electron chi connectivity index (χ3n) is 3.87. The summed E-state index contributed by atoms with van der Waals surface area (Å²) in [6.07, 6.45) is 2.73. The fourth-order valence-corrected chi connectivity index (χ4v) is 2.77. The lowest BCUT2D eigenvalue weighted by atomic mass is 10.1. The average molecular weight is 281 g/mol. The van der Waals surface area contributed by atoms with Gasteiger partial charge in [-0.05, 0) is 49.2 Å². The Bertz CT molecular complexity index is 654. The molecule has 21 heavy (non-hydrogen) atoms. The lowest BCUT2D eigenvalue weighted by Crippen LogP contribution is -2.25. The number of amides is 1. The van der Waals surface area contributed by atoms with Crippen molar-refractivity contribution in [3.05, 3.63) is 53.9 Å². The van der Waals surface area contributed by atoms with Gasteiger partial charge in [-0.1, -0.05) is 6.07 Å². The molecule has 108 valence electrons. The van der Waals surface area contributed by atoms with Gasteiger partial charge in [0.15, 0.2) is 0 Å². The summed E-state index contributed by atoms with van der Waals surface area (Å²) in [5.41, 5.74) is 4.35. The normalized spacial score (nSPS) is 14.7. The van der Waals surface area contributed by atoms with Crippen molar-refractivity contribution in [3.63, 3.8) is 0 Å². The van der Waals surface area contributed by atoms with Crippen LogP contribution in [0.25, 0.3) is 0 Å². The molecule has 1 aliphatic heterocycles. The van der Waals surface area contributed by atoms with Gasteiger partial charge in [0.05, 0.1) is 11.7 Å². The van der Waals surface area contributed by atoms with Crippen LogP contribution in [-0.4, -0.2) is 17.4 Å². The highest BCUT2D eigenvalue weighted by Gasteiger charge is 2.22. The number of hydrogen-bond acceptors (Lipinski definition) is 3. The fraction of sp³-hybridized carbons (Fsp3) is 0.294. The summed E-state index contributed by atoms with van der Waals surface area (Å²) in [5, 5.41) is 3.47. The van der Waals surface area contributed by atoms with Crippen LogP contribution >= 0.6 is 0 Å². The van der Waals surface area contributed by atoms with Gasteiger partial charge in [0.25, 0.3) is 0 Å². The maximum Gasteiger partial charge on any atom is 0.223 e. The molecule has 1 unspecified atom stereocenters. The molecule has 1 N–H and O–H groups in total. The Morgan fingerprint density at radius 1 is 1.33 bits per heavy atom. The van der Waals surface area contributed by atoms with Gasteiger partial charge in [0, 0.05) is 31.0 Å². The summed E-state index contributed by atoms with van der Waals surface area (Å²) >= 11 is 0. The van der Waals surface area contributed by atoms with Crippen LogP contribution in [0.4, 0.5) is 11.4 Å². The molecule has 2 heterocycles. The number of rotatable bonds is 3. The van der Waals surface area contributed by atoms with E-state index in [9.17, 15) is 4.79 Å². The second-order valence-electron chi connectivity index (χ2n) is 5.38. The number of hydrogen-bond donors (Lipinski definition) is 1. The summed E-state index contributed by atoms with van der Waals surface area (Å²) < 4.78 is 0. The van der Waals surface area contributed by atoms with Crippen LogP contribution in [0.2, 0.25) is 0 Å². The number of carbonyl (C=O) groups is 1. The number of nitrogens with zero attached hydrogens (tertiary/aromatic N) is 2. The number of fused-ring (bicyclic) bond motifs is 1. The molecular formula is C17H19N3O. The lowest BCUT2D eigenvalue weighted by molar-refractivity contribution is -0.116. The molecule has 1 atom stereocenters. The summed E-state index contributed by atoms with van der Waals surface area (Å²) in [6.45, 7) is 4.49. The Kier molecular flexibility index (Phi) is 3.60. The standard InChI is InChI=1S/C17H19N3O/c1-12(16-5-3-4-9-18-16)19-15-6-7-17-14(11-15)8-10-20(17)13(2)21/h3-7,9,11-12,19H,8,10H2,1-2H3. The first-order valence-corrected chi connectivity index (χ1v) is 7.23. The smallest absolute Gasteiger partial charge is 0.223 e. The van der Waals surface area contributed by atoms with Crippen molar-refractivity contribution >= 4 is 17.3 Å². The third-order valence-corrected chi connectivity index (χ3v) is 3.87. The van der Waals surface area contributed by atoms with Crippen molar-refractivity contribution in [3.8, 4) is 0 Å². The van der Waals surface area contributed by atoms with Crippen LogP contribution in [0.5, 0.6) is 0 Å². The zero-order chi connectivity index (χ0) is 14.8. The number of aromatic nitrogens is 1. The summed E-state index contributed by atoms with van der Waals surface area (Å²) in [4.78, 5) is 17.8. The Labute approximate surface area is 124 Å². The summed E-state index contributed by atoms with van der Waals surface area (Å²) in [5.74, 6) is 0.108. The minimum atomic E-state index is 0.108. The highest BCUT2D eigenvalue weighted by molar-refractivity contribution is 5.94. The second-order valence-corrected chi connectivity index (χ2v) is 5.38. The highest BCUT2D eigenvalue weighted by atomic mass is 16.2. The van der Waals surface area contributed by atoms with Gasteiger partial charge in [0.2, 0.25) is 5.91 Å². The zero-order valence-electron chi connectivity index (χ0n) is 12.3. The van der Waals surface area contributed by atoms with Gasteiger partial charge < -0.3 is 10.2 Å². The molecule has 4 nitrogen and oxygen atoms in total. The summed E-state index contributed by atoms with van der Waals surface area (Å²) in [6, 6.07) is 12.3. The van der Waals surface area contributed by atoms with Crippen molar-refractivity contribution in [2.45, 2.75) is 26.3 Å². The van der Waals surface area contributed by atoms with E-state index in [2.05, 4.69) is 23.3 Å². The van der Waals surface area contributed by atoms with E-state index in [0.29, 0.717) is 0 Å². The van der Waals surface area contributed by atoms with Crippen LogP contribution in [-0.2, 0) is 11.2 Å². The van der Waals surface area contributed by atoms with Gasteiger partial charge in [0.1, 0.15) is 0 Å². The molecule has 1 aromatic carbocycles. The van der Waals surface area contributed by atoms with Crippen LogP contribution in [0.15, 0.2) is 42.6 Å². The van der Waals surface area contributed by atoms with Crippen LogP contribution in [0, 0.1) is 0 Å². The second kappa shape index (κ2) is 5.56. The monoisotopic (exact) mass is 281 g/mol. The SMILES string of the molecule is CC(=O)N1CCc2cc(NC(C)c3ccccn3)ccc21. The van der Waals surface area contributed by atoms with Gasteiger partial charge in [-0.15, -0.1) is 0 Å². The number of carbonyl (C=O) groups excluding carboxylic acids is 1. The first kappa shape index (κ1) is 13.6. The van der Waals surface area contributed by atoms with Crippen molar-refractivity contribution in [2.24, 2.45) is 0 Å². The largest absolute Gasteiger partial charge is 0.377 e. The molecule has 4 heteroatoms. The molecule has 0 saturated heterocycles. The molecule has 0 aliphatic carbocycles. The molecule has 0 radical (unpaired) electrons. The first-order chi connectivity index (χ1) is 10.1. The molecule has 1 amide bonds. The molecule has 1 aromatic heterocycles. The fourth-order valence-electron chi connectivity index (χ4n) is 2.77. The predicted molar refractivity (Wildman–Crippen MR) is 84.4 cm³/mol. The van der Waals surface area contributed by atoms with E-state index in [1.54, 1.807) is 13.1 Å². The number of benzene rings is 1. The average Bonchev–Trinajstić information content (AvgIpc) is 2.91. The Morgan fingerprint density at radius 2 is 2.19 bits per heavy atom. The predicted octanol–water partition coefficient (Wildman–Crippen LogP) is 3.16. The quantitative estimate of drug-likeness (QED) is 0.940. The molecule has 3 rings (SSSR count). The molecular weight excluding hydrogens is 262 g/mol. The van der Waals surface area contributed by atoms with E-state index in [4.69, 9.17) is 0 Å². The van der Waals surface area contributed by atoms with Crippen molar-refractivity contribution in [1.82, 2.24) is 4.98 Å². The van der Waals surface area contributed by atoms with E-state index in [1.165, 1.54) is 5.56 Å². The van der Waals surface area contributed by atoms with Crippen LogP contribution < -0.4 is 10.2 Å². The zero-order valence-corrected chi connectivity index (χ0v) is 12.3. The van der Waals surface area contributed by atoms with E-state index in [1.807, 2.05) is 35.2 Å². The van der Waals surface area contributed by atoms with E-state index in [0.717, 1.165) is 30.0 Å². The van der Waals surface area contributed by atoms with Crippen molar-refractivity contribution in [2.75, 3.05) is 16.8 Å². The molecule has 0 spiro atoms. The van der Waals surface area contributed by atoms with Crippen LogP contribution in [0.1, 0.15) is 31.1 Å². The Balaban J connectivity index is 1.78. The lowest BCUT2D eigenvalue weighted by Gasteiger charge is -2.17. The molecule has 0 fully saturated rings. The number of nitrogens with one attached hydrogen (secondary N) is 1. The van der Waals surface area contributed by atoms with Crippen molar-refractivity contribution < 1.29 is 4.79 Å². The van der Waals surface area contributed by atoms with Gasteiger partial charge in [-0.25, -0.2) is 0 Å². The Morgan fingerprint density at radius 3 is 2.90 bits per heavy atom. The third kappa shape index (κ3) is 2.75. The molecule has 1 aliphatic rings. The maximum absolute atomic E-state index is 11.6. The molecule has 0 bridgehead atoms. The highest BCUT2D eigenvalue weighted by Crippen LogP contribution is 2.31. The Hall–Kier alpha value is -2.36. The van der Waals surface area contributed by atoms with Gasteiger partial charge >= 0.3 is 0 Å².